The molecule has 1 saturated heterocycles. The minimum Gasteiger partial charge on any atom is -0.388 e. The molecule has 0 aliphatic carbocycles. The Hall–Kier alpha value is -0.770. The van der Waals surface area contributed by atoms with Crippen LogP contribution in [0.25, 0.3) is 0 Å². The zero-order valence-corrected chi connectivity index (χ0v) is 12.5. The van der Waals surface area contributed by atoms with E-state index in [4.69, 9.17) is 11.6 Å². The van der Waals surface area contributed by atoms with Crippen LogP contribution >= 0.6 is 11.6 Å². The van der Waals surface area contributed by atoms with Gasteiger partial charge in [0.25, 0.3) is 0 Å². The molecule has 2 rings (SSSR count). The van der Waals surface area contributed by atoms with Gasteiger partial charge in [0, 0.05) is 37.4 Å². The van der Waals surface area contributed by atoms with E-state index in [-0.39, 0.29) is 0 Å². The van der Waals surface area contributed by atoms with Gasteiger partial charge in [-0.15, -0.1) is 0 Å². The van der Waals surface area contributed by atoms with Crippen molar-refractivity contribution in [3.05, 3.63) is 28.8 Å². The van der Waals surface area contributed by atoms with Gasteiger partial charge < -0.3 is 15.5 Å². The summed E-state index contributed by atoms with van der Waals surface area (Å²) in [4.78, 5) is 2.55. The number of anilines is 1. The first-order valence-electron chi connectivity index (χ1n) is 7.19. The van der Waals surface area contributed by atoms with Gasteiger partial charge in [-0.2, -0.15) is 0 Å². The van der Waals surface area contributed by atoms with Crippen molar-refractivity contribution in [3.63, 3.8) is 0 Å². The zero-order valence-electron chi connectivity index (χ0n) is 11.7. The Kier molecular flexibility index (Phi) is 5.95. The summed E-state index contributed by atoms with van der Waals surface area (Å²) >= 11 is 6.04. The molecule has 1 aromatic rings. The smallest absolute Gasteiger partial charge is 0.0410 e. The molecule has 106 valence electrons. The molecular formula is C15H24ClN3. The van der Waals surface area contributed by atoms with Gasteiger partial charge in [-0.3, -0.25) is 0 Å². The number of nitrogens with zero attached hydrogens (tertiary/aromatic N) is 1. The maximum absolute atomic E-state index is 6.04. The van der Waals surface area contributed by atoms with Gasteiger partial charge in [0.1, 0.15) is 0 Å². The molecule has 0 aromatic heterocycles. The maximum atomic E-state index is 6.04. The third kappa shape index (κ3) is 4.68. The third-order valence-electron chi connectivity index (χ3n) is 3.71. The number of hydrogen-bond donors (Lipinski definition) is 2. The molecule has 1 fully saturated rings. The Morgan fingerprint density at radius 2 is 2.00 bits per heavy atom. The predicted molar refractivity (Wildman–Crippen MR) is 83.0 cm³/mol. The maximum Gasteiger partial charge on any atom is 0.0410 e. The minimum atomic E-state index is 0.798. The summed E-state index contributed by atoms with van der Waals surface area (Å²) < 4.78 is 0. The van der Waals surface area contributed by atoms with E-state index in [0.717, 1.165) is 30.3 Å². The minimum absolute atomic E-state index is 0.798. The fourth-order valence-corrected chi connectivity index (χ4v) is 2.79. The summed E-state index contributed by atoms with van der Waals surface area (Å²) in [5.74, 6) is 0. The molecule has 0 spiro atoms. The van der Waals surface area contributed by atoms with Gasteiger partial charge in [-0.1, -0.05) is 18.0 Å². The Bertz CT molecular complexity index is 389. The van der Waals surface area contributed by atoms with Crippen molar-refractivity contribution in [1.82, 2.24) is 10.2 Å². The second kappa shape index (κ2) is 7.73. The lowest BCUT2D eigenvalue weighted by molar-refractivity contribution is 0.229. The SMILES string of the molecule is CNc1ccc(Cl)cc1CNCCN1CCCCC1. The molecule has 0 amide bonds. The Labute approximate surface area is 121 Å². The summed E-state index contributed by atoms with van der Waals surface area (Å²) in [7, 11) is 1.94. The summed E-state index contributed by atoms with van der Waals surface area (Å²) in [6, 6.07) is 5.98. The van der Waals surface area contributed by atoms with Crippen LogP contribution in [0.3, 0.4) is 0 Å². The van der Waals surface area contributed by atoms with Crippen LogP contribution in [0.2, 0.25) is 5.02 Å². The topological polar surface area (TPSA) is 27.3 Å². The van der Waals surface area contributed by atoms with E-state index in [1.165, 1.54) is 37.9 Å². The standard InChI is InChI=1S/C15H24ClN3/c1-17-15-6-5-14(16)11-13(15)12-18-7-10-19-8-3-2-4-9-19/h5-6,11,17-18H,2-4,7-10,12H2,1H3. The molecule has 1 heterocycles. The third-order valence-corrected chi connectivity index (χ3v) is 3.94. The van der Waals surface area contributed by atoms with Crippen molar-refractivity contribution >= 4 is 17.3 Å². The van der Waals surface area contributed by atoms with Crippen LogP contribution in [-0.2, 0) is 6.54 Å². The molecule has 0 unspecified atom stereocenters. The van der Waals surface area contributed by atoms with Gasteiger partial charge in [-0.25, -0.2) is 0 Å². The molecule has 2 N–H and O–H groups in total. The quantitative estimate of drug-likeness (QED) is 0.785. The summed E-state index contributed by atoms with van der Waals surface area (Å²) in [5, 5.41) is 7.51. The highest BCUT2D eigenvalue weighted by Crippen LogP contribution is 2.20. The van der Waals surface area contributed by atoms with Crippen LogP contribution < -0.4 is 10.6 Å². The number of halogens is 1. The van der Waals surface area contributed by atoms with Crippen molar-refractivity contribution < 1.29 is 0 Å². The largest absolute Gasteiger partial charge is 0.388 e. The number of piperidine rings is 1. The first-order chi connectivity index (χ1) is 9.29. The molecule has 4 heteroatoms. The van der Waals surface area contributed by atoms with E-state index in [2.05, 4.69) is 15.5 Å². The number of nitrogens with one attached hydrogen (secondary N) is 2. The lowest BCUT2D eigenvalue weighted by Crippen LogP contribution is -2.35. The van der Waals surface area contributed by atoms with Gasteiger partial charge in [0.2, 0.25) is 0 Å². The fourth-order valence-electron chi connectivity index (χ4n) is 2.60. The van der Waals surface area contributed by atoms with Crippen molar-refractivity contribution in [2.75, 3.05) is 38.5 Å². The second-order valence-corrected chi connectivity index (χ2v) is 5.57. The second-order valence-electron chi connectivity index (χ2n) is 5.13. The monoisotopic (exact) mass is 281 g/mol. The lowest BCUT2D eigenvalue weighted by Gasteiger charge is -2.26. The molecule has 0 saturated carbocycles. The van der Waals surface area contributed by atoms with Crippen molar-refractivity contribution in [1.29, 1.82) is 0 Å². The molecule has 0 radical (unpaired) electrons. The summed E-state index contributed by atoms with van der Waals surface area (Å²) in [6.07, 6.45) is 4.12. The predicted octanol–water partition coefficient (Wildman–Crippen LogP) is 2.96. The average molecular weight is 282 g/mol. The Morgan fingerprint density at radius 1 is 1.21 bits per heavy atom. The van der Waals surface area contributed by atoms with Gasteiger partial charge >= 0.3 is 0 Å². The van der Waals surface area contributed by atoms with Crippen molar-refractivity contribution in [3.8, 4) is 0 Å². The van der Waals surface area contributed by atoms with Gasteiger partial charge in [0.05, 0.1) is 0 Å². The summed E-state index contributed by atoms with van der Waals surface area (Å²) in [6.45, 7) is 5.58. The Morgan fingerprint density at radius 3 is 2.74 bits per heavy atom. The van der Waals surface area contributed by atoms with Crippen molar-refractivity contribution in [2.24, 2.45) is 0 Å². The lowest BCUT2D eigenvalue weighted by atomic mass is 10.1. The fraction of sp³-hybridized carbons (Fsp3) is 0.600. The molecule has 1 aliphatic heterocycles. The van der Waals surface area contributed by atoms with E-state index in [9.17, 15) is 0 Å². The van der Waals surface area contributed by atoms with E-state index in [1.807, 2.05) is 25.2 Å². The highest BCUT2D eigenvalue weighted by molar-refractivity contribution is 6.30. The van der Waals surface area contributed by atoms with Crippen LogP contribution in [-0.4, -0.2) is 38.1 Å². The van der Waals surface area contributed by atoms with Crippen LogP contribution in [0, 0.1) is 0 Å². The first kappa shape index (κ1) is 14.6. The van der Waals surface area contributed by atoms with Crippen molar-refractivity contribution in [2.45, 2.75) is 25.8 Å². The number of rotatable bonds is 6. The molecule has 1 aliphatic rings. The van der Waals surface area contributed by atoms with Crippen LogP contribution in [0.15, 0.2) is 18.2 Å². The molecule has 0 bridgehead atoms. The van der Waals surface area contributed by atoms with E-state index < -0.39 is 0 Å². The van der Waals surface area contributed by atoms with E-state index in [1.54, 1.807) is 0 Å². The highest BCUT2D eigenvalue weighted by Gasteiger charge is 2.09. The Balaban J connectivity index is 1.74. The van der Waals surface area contributed by atoms with Gasteiger partial charge in [-0.05, 0) is 49.7 Å². The molecule has 19 heavy (non-hydrogen) atoms. The number of likely N-dealkylation sites (tertiary alicyclic amines) is 1. The zero-order chi connectivity index (χ0) is 13.5. The number of hydrogen-bond acceptors (Lipinski definition) is 3. The molecule has 1 aromatic carbocycles. The average Bonchev–Trinajstić information content (AvgIpc) is 2.45. The normalized spacial score (nSPS) is 16.5. The van der Waals surface area contributed by atoms with Crippen LogP contribution in [0.5, 0.6) is 0 Å². The number of benzene rings is 1. The van der Waals surface area contributed by atoms with Crippen LogP contribution in [0.1, 0.15) is 24.8 Å². The highest BCUT2D eigenvalue weighted by atomic mass is 35.5. The first-order valence-corrected chi connectivity index (χ1v) is 7.56. The molecule has 0 atom stereocenters. The molecule has 3 nitrogen and oxygen atoms in total. The van der Waals surface area contributed by atoms with Crippen LogP contribution in [0.4, 0.5) is 5.69 Å². The molecular weight excluding hydrogens is 258 g/mol. The van der Waals surface area contributed by atoms with Gasteiger partial charge in [0.15, 0.2) is 0 Å². The van der Waals surface area contributed by atoms with E-state index >= 15 is 0 Å². The summed E-state index contributed by atoms with van der Waals surface area (Å²) in [5.41, 5.74) is 2.38. The van der Waals surface area contributed by atoms with E-state index in [0.29, 0.717) is 0 Å².